The first kappa shape index (κ1) is 19.2. The van der Waals surface area contributed by atoms with E-state index in [0.29, 0.717) is 16.9 Å². The average molecular weight is 360 g/mol. The molecule has 2 N–H and O–H groups in total. The molecule has 0 bridgehead atoms. The van der Waals surface area contributed by atoms with Crippen LogP contribution >= 0.6 is 11.8 Å². The maximum atomic E-state index is 8.56. The third-order valence-corrected chi connectivity index (χ3v) is 4.17. The molecule has 1 aromatic rings. The van der Waals surface area contributed by atoms with Gasteiger partial charge in [-0.25, -0.2) is 9.98 Å². The molecule has 134 valence electrons. The van der Waals surface area contributed by atoms with E-state index in [2.05, 4.69) is 25.6 Å². The Morgan fingerprint density at radius 3 is 2.88 bits per heavy atom. The van der Waals surface area contributed by atoms with E-state index in [9.17, 15) is 0 Å². The van der Waals surface area contributed by atoms with Gasteiger partial charge in [-0.2, -0.15) is 10.2 Å². The Labute approximate surface area is 153 Å². The minimum atomic E-state index is 0.177. The van der Waals surface area contributed by atoms with E-state index in [1.165, 1.54) is 24.0 Å². The van der Waals surface area contributed by atoms with Crippen LogP contribution in [0.3, 0.4) is 0 Å². The summed E-state index contributed by atoms with van der Waals surface area (Å²) in [4.78, 5) is 13.3. The van der Waals surface area contributed by atoms with Gasteiger partial charge in [0.15, 0.2) is 5.17 Å². The number of piperidine rings is 1. The van der Waals surface area contributed by atoms with Crippen LogP contribution in [0.2, 0.25) is 0 Å². The van der Waals surface area contributed by atoms with Crippen LogP contribution in [0.5, 0.6) is 5.88 Å². The number of hydrogen-bond acceptors (Lipinski definition) is 7. The van der Waals surface area contributed by atoms with E-state index in [0.717, 1.165) is 31.8 Å². The third kappa shape index (κ3) is 6.36. The van der Waals surface area contributed by atoms with Crippen LogP contribution in [0.15, 0.2) is 23.3 Å². The van der Waals surface area contributed by atoms with Crippen molar-refractivity contribution in [3.05, 3.63) is 24.2 Å². The number of amidine groups is 1. The zero-order valence-corrected chi connectivity index (χ0v) is 15.6. The molecular weight excluding hydrogens is 336 g/mol. The summed E-state index contributed by atoms with van der Waals surface area (Å²) in [6.45, 7) is 6.03. The predicted molar refractivity (Wildman–Crippen MR) is 102 cm³/mol. The Bertz CT molecular complexity index is 662. The van der Waals surface area contributed by atoms with Gasteiger partial charge in [0.05, 0.1) is 6.07 Å². The number of aromatic nitrogens is 2. The number of thioether (sulfide) groups is 1. The summed E-state index contributed by atoms with van der Waals surface area (Å²) in [5.74, 6) is 2.13. The molecular formula is C17H24N6OS. The number of ether oxygens (including phenoxy) is 1. The van der Waals surface area contributed by atoms with Gasteiger partial charge in [-0.15, -0.1) is 0 Å². The van der Waals surface area contributed by atoms with Gasteiger partial charge in [0.1, 0.15) is 17.7 Å². The lowest BCUT2D eigenvalue weighted by Crippen LogP contribution is -2.34. The van der Waals surface area contributed by atoms with Crippen LogP contribution < -0.4 is 15.4 Å². The van der Waals surface area contributed by atoms with Gasteiger partial charge in [-0.05, 0) is 32.2 Å². The fourth-order valence-corrected chi connectivity index (χ4v) is 2.67. The van der Waals surface area contributed by atoms with E-state index >= 15 is 0 Å². The Hall–Kier alpha value is -2.11. The van der Waals surface area contributed by atoms with Gasteiger partial charge in [0.2, 0.25) is 5.88 Å². The number of nitrogens with one attached hydrogen (secondary N) is 2. The molecule has 0 atom stereocenters. The van der Waals surface area contributed by atoms with Crippen molar-refractivity contribution in [2.45, 2.75) is 38.7 Å². The normalized spacial score (nSPS) is 16.2. The zero-order chi connectivity index (χ0) is 18.1. The van der Waals surface area contributed by atoms with Crippen LogP contribution in [0, 0.1) is 11.3 Å². The van der Waals surface area contributed by atoms with Crippen LogP contribution in [0.4, 0.5) is 5.82 Å². The molecule has 2 heterocycles. The van der Waals surface area contributed by atoms with Crippen LogP contribution in [0.25, 0.3) is 0 Å². The lowest BCUT2D eigenvalue weighted by atomic mass is 10.1. The fraction of sp³-hybridized carbons (Fsp3) is 0.529. The lowest BCUT2D eigenvalue weighted by molar-refractivity contribution is 0.155. The maximum absolute atomic E-state index is 8.56. The van der Waals surface area contributed by atoms with E-state index in [1.54, 1.807) is 6.07 Å². The van der Waals surface area contributed by atoms with Gasteiger partial charge >= 0.3 is 0 Å². The highest BCUT2D eigenvalue weighted by molar-refractivity contribution is 8.13. The summed E-state index contributed by atoms with van der Waals surface area (Å²) < 4.78 is 6.07. The molecule has 2 rings (SSSR count). The maximum Gasteiger partial charge on any atom is 0.219 e. The van der Waals surface area contributed by atoms with Crippen molar-refractivity contribution in [1.82, 2.24) is 15.3 Å². The number of rotatable bonds is 5. The second-order valence-corrected chi connectivity index (χ2v) is 6.67. The standard InChI is InChI=1S/C17H24N6OS/c1-12(2)16-21-14(22-17(25-3)20-8-4-7-18)11-15(23-16)24-13-5-9-19-10-6-13/h4,8,11-13,19H,5-6,9-10H2,1-3H3,(H,20,21,22,23)/b8-4+. The Kier molecular flexibility index (Phi) is 7.70. The van der Waals surface area contributed by atoms with Crippen molar-refractivity contribution in [1.29, 1.82) is 5.26 Å². The quantitative estimate of drug-likeness (QED) is 0.473. The number of allylic oxidation sites excluding steroid dienone is 1. The number of hydrogen-bond donors (Lipinski definition) is 2. The summed E-state index contributed by atoms with van der Waals surface area (Å²) >= 11 is 1.44. The van der Waals surface area contributed by atoms with Crippen molar-refractivity contribution in [2.75, 3.05) is 24.7 Å². The van der Waals surface area contributed by atoms with Gasteiger partial charge in [-0.3, -0.25) is 0 Å². The topological polar surface area (TPSA) is 95.2 Å². The smallest absolute Gasteiger partial charge is 0.219 e. The highest BCUT2D eigenvalue weighted by atomic mass is 32.2. The van der Waals surface area contributed by atoms with Gasteiger partial charge in [0, 0.05) is 24.3 Å². The molecule has 1 aliphatic heterocycles. The third-order valence-electron chi connectivity index (χ3n) is 3.58. The van der Waals surface area contributed by atoms with E-state index in [4.69, 9.17) is 10.00 Å². The molecule has 1 saturated heterocycles. The average Bonchev–Trinajstić information content (AvgIpc) is 2.61. The van der Waals surface area contributed by atoms with Crippen molar-refractivity contribution < 1.29 is 4.74 Å². The van der Waals surface area contributed by atoms with E-state index < -0.39 is 0 Å². The predicted octanol–water partition coefficient (Wildman–Crippen LogP) is 2.90. The minimum Gasteiger partial charge on any atom is -0.474 e. The van der Waals surface area contributed by atoms with Crippen LogP contribution in [-0.4, -0.2) is 40.6 Å². The molecule has 0 unspecified atom stereocenters. The molecule has 7 nitrogen and oxygen atoms in total. The number of nitrogens with zero attached hydrogens (tertiary/aromatic N) is 4. The van der Waals surface area contributed by atoms with Crippen LogP contribution in [0.1, 0.15) is 38.4 Å². The second kappa shape index (κ2) is 10.0. The Morgan fingerprint density at radius 2 is 2.24 bits per heavy atom. The minimum absolute atomic E-state index is 0.177. The number of aliphatic imine (C=N–C) groups is 1. The summed E-state index contributed by atoms with van der Waals surface area (Å²) in [6, 6.07) is 3.71. The molecule has 25 heavy (non-hydrogen) atoms. The molecule has 0 aliphatic carbocycles. The van der Waals surface area contributed by atoms with E-state index in [-0.39, 0.29) is 12.0 Å². The number of anilines is 1. The molecule has 1 fully saturated rings. The first-order valence-electron chi connectivity index (χ1n) is 8.32. The highest BCUT2D eigenvalue weighted by Gasteiger charge is 2.17. The monoisotopic (exact) mass is 360 g/mol. The highest BCUT2D eigenvalue weighted by Crippen LogP contribution is 2.22. The molecule has 0 aromatic carbocycles. The van der Waals surface area contributed by atoms with Crippen molar-refractivity contribution in [2.24, 2.45) is 4.99 Å². The first-order valence-corrected chi connectivity index (χ1v) is 9.54. The molecule has 1 aromatic heterocycles. The molecule has 0 amide bonds. The lowest BCUT2D eigenvalue weighted by Gasteiger charge is -2.23. The first-order chi connectivity index (χ1) is 12.1. The van der Waals surface area contributed by atoms with Gasteiger partial charge < -0.3 is 15.4 Å². The Morgan fingerprint density at radius 1 is 1.48 bits per heavy atom. The zero-order valence-electron chi connectivity index (χ0n) is 14.8. The summed E-state index contributed by atoms with van der Waals surface area (Å²) in [5.41, 5.74) is 0. The SMILES string of the molecule is CSC(=N/C=C/C#N)Nc1cc(OC2CCNCC2)nc(C(C)C)n1. The summed E-state index contributed by atoms with van der Waals surface area (Å²) in [6.07, 6.45) is 6.80. The molecule has 8 heteroatoms. The summed E-state index contributed by atoms with van der Waals surface area (Å²) in [7, 11) is 0. The Balaban J connectivity index is 2.19. The number of nitriles is 1. The van der Waals surface area contributed by atoms with Crippen molar-refractivity contribution in [3.8, 4) is 11.9 Å². The van der Waals surface area contributed by atoms with Crippen molar-refractivity contribution in [3.63, 3.8) is 0 Å². The molecule has 0 spiro atoms. The van der Waals surface area contributed by atoms with Gasteiger partial charge in [-0.1, -0.05) is 25.6 Å². The van der Waals surface area contributed by atoms with Gasteiger partial charge in [0.25, 0.3) is 0 Å². The largest absolute Gasteiger partial charge is 0.474 e. The fourth-order valence-electron chi connectivity index (χ4n) is 2.29. The molecule has 0 radical (unpaired) electrons. The van der Waals surface area contributed by atoms with Crippen molar-refractivity contribution >= 4 is 22.7 Å². The molecule has 1 aliphatic rings. The van der Waals surface area contributed by atoms with E-state index in [1.807, 2.05) is 26.2 Å². The second-order valence-electron chi connectivity index (χ2n) is 5.88. The van der Waals surface area contributed by atoms with Crippen LogP contribution in [-0.2, 0) is 0 Å². The molecule has 0 saturated carbocycles. The summed E-state index contributed by atoms with van der Waals surface area (Å²) in [5, 5.41) is 15.7.